The average molecular weight is 405 g/mol. The van der Waals surface area contributed by atoms with Gasteiger partial charge >= 0.3 is 0 Å². The van der Waals surface area contributed by atoms with Gasteiger partial charge in [0.2, 0.25) is 0 Å². The van der Waals surface area contributed by atoms with Crippen molar-refractivity contribution in [3.8, 4) is 5.75 Å². The third-order valence-corrected chi connectivity index (χ3v) is 5.98. The number of amides is 1. The van der Waals surface area contributed by atoms with E-state index in [4.69, 9.17) is 4.74 Å². The lowest BCUT2D eigenvalue weighted by atomic mass is 9.91. The van der Waals surface area contributed by atoms with Crippen molar-refractivity contribution in [1.82, 2.24) is 4.90 Å². The van der Waals surface area contributed by atoms with Crippen molar-refractivity contribution in [2.24, 2.45) is 0 Å². The summed E-state index contributed by atoms with van der Waals surface area (Å²) in [6, 6.07) is 15.8. The Labute approximate surface area is 177 Å². The predicted octanol–water partition coefficient (Wildman–Crippen LogP) is 4.84. The Kier molecular flexibility index (Phi) is 5.88. The molecule has 4 rings (SSSR count). The number of rotatable bonds is 5. The van der Waals surface area contributed by atoms with Crippen LogP contribution in [0.4, 0.5) is 0 Å². The van der Waals surface area contributed by atoms with E-state index in [2.05, 4.69) is 0 Å². The Morgan fingerprint density at radius 3 is 2.47 bits per heavy atom. The first kappa shape index (κ1) is 20.2. The highest BCUT2D eigenvalue weighted by Crippen LogP contribution is 2.43. The molecule has 1 aliphatic carbocycles. The number of ether oxygens (including phenoxy) is 1. The normalized spacial score (nSPS) is 21.8. The third kappa shape index (κ3) is 3.72. The first-order valence-corrected chi connectivity index (χ1v) is 10.7. The molecule has 1 heterocycles. The number of aliphatic hydroxyl groups excluding tert-OH is 1. The van der Waals surface area contributed by atoms with Gasteiger partial charge in [0.25, 0.3) is 11.7 Å². The number of benzene rings is 2. The summed E-state index contributed by atoms with van der Waals surface area (Å²) in [6.07, 6.45) is 4.98. The summed E-state index contributed by atoms with van der Waals surface area (Å²) in [5.41, 5.74) is 1.47. The number of hydrogen-bond donors (Lipinski definition) is 1. The molecule has 2 aromatic rings. The monoisotopic (exact) mass is 405 g/mol. The predicted molar refractivity (Wildman–Crippen MR) is 115 cm³/mol. The van der Waals surface area contributed by atoms with Crippen molar-refractivity contribution >= 4 is 17.4 Å². The van der Waals surface area contributed by atoms with E-state index < -0.39 is 17.7 Å². The van der Waals surface area contributed by atoms with Gasteiger partial charge in [-0.3, -0.25) is 9.59 Å². The van der Waals surface area contributed by atoms with Crippen LogP contribution in [0.2, 0.25) is 0 Å². The largest absolute Gasteiger partial charge is 0.507 e. The molecule has 5 nitrogen and oxygen atoms in total. The average Bonchev–Trinajstić information content (AvgIpc) is 3.05. The number of hydrogen-bond acceptors (Lipinski definition) is 4. The topological polar surface area (TPSA) is 66.8 Å². The zero-order valence-corrected chi connectivity index (χ0v) is 17.2. The molecule has 156 valence electrons. The smallest absolute Gasteiger partial charge is 0.295 e. The molecule has 1 saturated heterocycles. The number of carbonyl (C=O) groups excluding carboxylic acids is 2. The lowest BCUT2D eigenvalue weighted by Crippen LogP contribution is -2.40. The fourth-order valence-corrected chi connectivity index (χ4v) is 4.61. The van der Waals surface area contributed by atoms with Gasteiger partial charge in [-0.15, -0.1) is 0 Å². The van der Waals surface area contributed by atoms with E-state index in [1.165, 1.54) is 0 Å². The molecule has 1 aliphatic heterocycles. The lowest BCUT2D eigenvalue weighted by molar-refractivity contribution is -0.141. The fourth-order valence-electron chi connectivity index (χ4n) is 4.61. The van der Waals surface area contributed by atoms with E-state index in [9.17, 15) is 14.7 Å². The van der Waals surface area contributed by atoms with Crippen LogP contribution < -0.4 is 4.74 Å². The molecule has 0 radical (unpaired) electrons. The molecule has 1 N–H and O–H groups in total. The summed E-state index contributed by atoms with van der Waals surface area (Å²) in [6.45, 7) is 2.44. The van der Waals surface area contributed by atoms with Crippen LogP contribution in [0, 0.1) is 0 Å². The van der Waals surface area contributed by atoms with Crippen LogP contribution in [0.1, 0.15) is 56.2 Å². The van der Waals surface area contributed by atoms with Crippen LogP contribution in [0.25, 0.3) is 5.76 Å². The van der Waals surface area contributed by atoms with Gasteiger partial charge in [-0.1, -0.05) is 61.7 Å². The molecular weight excluding hydrogens is 378 g/mol. The Hall–Kier alpha value is -3.08. The minimum absolute atomic E-state index is 0.00276. The van der Waals surface area contributed by atoms with Crippen molar-refractivity contribution in [3.63, 3.8) is 0 Å². The second-order valence-electron chi connectivity index (χ2n) is 7.87. The second-order valence-corrected chi connectivity index (χ2v) is 7.87. The molecule has 1 unspecified atom stereocenters. The molecule has 0 aromatic heterocycles. The van der Waals surface area contributed by atoms with Crippen molar-refractivity contribution < 1.29 is 19.4 Å². The van der Waals surface area contributed by atoms with Gasteiger partial charge in [0.1, 0.15) is 11.5 Å². The number of carbonyl (C=O) groups is 2. The summed E-state index contributed by atoms with van der Waals surface area (Å²) in [5.74, 6) is -0.581. The molecule has 30 heavy (non-hydrogen) atoms. The Morgan fingerprint density at radius 2 is 1.77 bits per heavy atom. The van der Waals surface area contributed by atoms with Crippen LogP contribution in [-0.4, -0.2) is 34.3 Å². The van der Waals surface area contributed by atoms with E-state index in [0.29, 0.717) is 17.9 Å². The molecule has 0 spiro atoms. The second kappa shape index (κ2) is 8.74. The lowest BCUT2D eigenvalue weighted by Gasteiger charge is -2.35. The van der Waals surface area contributed by atoms with Crippen molar-refractivity contribution in [1.29, 1.82) is 0 Å². The number of aliphatic hydroxyl groups is 1. The van der Waals surface area contributed by atoms with Gasteiger partial charge in [-0.2, -0.15) is 0 Å². The molecule has 5 heteroatoms. The summed E-state index contributed by atoms with van der Waals surface area (Å²) in [4.78, 5) is 28.0. The van der Waals surface area contributed by atoms with E-state index in [1.54, 1.807) is 29.2 Å². The Morgan fingerprint density at radius 1 is 1.03 bits per heavy atom. The Balaban J connectivity index is 1.86. The maximum atomic E-state index is 13.1. The number of Topliss-reactive ketones (excluding diaryl/α,β-unsaturated/α-hetero) is 1. The van der Waals surface area contributed by atoms with E-state index >= 15 is 0 Å². The van der Waals surface area contributed by atoms with Crippen molar-refractivity contribution in [2.45, 2.75) is 51.1 Å². The molecule has 1 amide bonds. The molecule has 1 saturated carbocycles. The van der Waals surface area contributed by atoms with Gasteiger partial charge < -0.3 is 14.7 Å². The third-order valence-electron chi connectivity index (χ3n) is 5.98. The minimum atomic E-state index is -0.617. The van der Waals surface area contributed by atoms with E-state index in [-0.39, 0.29) is 17.4 Å². The van der Waals surface area contributed by atoms with Crippen LogP contribution in [0.5, 0.6) is 5.75 Å². The molecule has 2 aliphatic rings. The van der Waals surface area contributed by atoms with E-state index in [0.717, 1.165) is 37.7 Å². The van der Waals surface area contributed by atoms with Gasteiger partial charge in [0.05, 0.1) is 18.2 Å². The highest BCUT2D eigenvalue weighted by Gasteiger charge is 2.48. The van der Waals surface area contributed by atoms with Crippen molar-refractivity contribution in [3.05, 3.63) is 71.3 Å². The van der Waals surface area contributed by atoms with Crippen LogP contribution in [0.15, 0.2) is 60.2 Å². The van der Waals surface area contributed by atoms with Gasteiger partial charge in [0.15, 0.2) is 0 Å². The van der Waals surface area contributed by atoms with Crippen molar-refractivity contribution in [2.75, 3.05) is 6.61 Å². The summed E-state index contributed by atoms with van der Waals surface area (Å²) in [5, 5.41) is 11.1. The van der Waals surface area contributed by atoms with Crippen LogP contribution >= 0.6 is 0 Å². The summed E-state index contributed by atoms with van der Waals surface area (Å²) in [7, 11) is 0. The molecule has 0 bridgehead atoms. The SMILES string of the molecule is CCOc1cccc(C2/C(=C(/O)c3ccccc3)C(=O)C(=O)N2C2CCCCC2)c1. The fraction of sp³-hybridized carbons (Fsp3) is 0.360. The molecule has 1 atom stereocenters. The highest BCUT2D eigenvalue weighted by molar-refractivity contribution is 6.46. The van der Waals surface area contributed by atoms with Crippen LogP contribution in [-0.2, 0) is 9.59 Å². The zero-order chi connectivity index (χ0) is 21.1. The number of likely N-dealkylation sites (tertiary alicyclic amines) is 1. The van der Waals surface area contributed by atoms with E-state index in [1.807, 2.05) is 37.3 Å². The van der Waals surface area contributed by atoms with Crippen LogP contribution in [0.3, 0.4) is 0 Å². The standard InChI is InChI=1S/C25H27NO4/c1-2-30-20-15-9-12-18(16-20)22-21(23(27)17-10-5-3-6-11-17)24(28)25(29)26(22)19-13-7-4-8-14-19/h3,5-6,9-12,15-16,19,22,27H,2,4,7-8,13-14H2,1H3/b23-21-. The number of nitrogens with zero attached hydrogens (tertiary/aromatic N) is 1. The zero-order valence-electron chi connectivity index (χ0n) is 17.2. The maximum absolute atomic E-state index is 13.1. The molecule has 2 aromatic carbocycles. The van der Waals surface area contributed by atoms with Gasteiger partial charge in [-0.05, 0) is 37.5 Å². The summed E-state index contributed by atoms with van der Waals surface area (Å²) >= 11 is 0. The number of ketones is 1. The first-order valence-electron chi connectivity index (χ1n) is 10.7. The Bertz CT molecular complexity index is 960. The minimum Gasteiger partial charge on any atom is -0.507 e. The van der Waals surface area contributed by atoms with Gasteiger partial charge in [0, 0.05) is 11.6 Å². The van der Waals surface area contributed by atoms with Gasteiger partial charge in [-0.25, -0.2) is 0 Å². The first-order chi connectivity index (χ1) is 14.6. The molecule has 2 fully saturated rings. The maximum Gasteiger partial charge on any atom is 0.295 e. The quantitative estimate of drug-likeness (QED) is 0.439. The molecular formula is C25H27NO4. The highest BCUT2D eigenvalue weighted by atomic mass is 16.5. The summed E-state index contributed by atoms with van der Waals surface area (Å²) < 4.78 is 5.65.